The lowest BCUT2D eigenvalue weighted by Crippen LogP contribution is -2.39. The van der Waals surface area contributed by atoms with E-state index in [1.54, 1.807) is 6.20 Å². The Morgan fingerprint density at radius 3 is 1.90 bits per heavy atom. The summed E-state index contributed by atoms with van der Waals surface area (Å²) in [7, 11) is 0. The van der Waals surface area contributed by atoms with E-state index in [4.69, 9.17) is 43.4 Å². The van der Waals surface area contributed by atoms with Crippen LogP contribution in [0.25, 0.3) is 0 Å². The van der Waals surface area contributed by atoms with Gasteiger partial charge in [0, 0.05) is 12.6 Å². The van der Waals surface area contributed by atoms with Crippen molar-refractivity contribution in [3.05, 3.63) is 18.2 Å². The molecule has 29 heavy (non-hydrogen) atoms. The number of aliphatic carboxylic acids is 3. The molecule has 13 nitrogen and oxygen atoms in total. The molecule has 4 atom stereocenters. The summed E-state index contributed by atoms with van der Waals surface area (Å²) in [5.41, 5.74) is 21.3. The molecule has 0 aliphatic rings. The molecule has 1 heterocycles. The summed E-state index contributed by atoms with van der Waals surface area (Å²) < 4.78 is 0. The van der Waals surface area contributed by atoms with E-state index < -0.39 is 42.1 Å². The monoisotopic (exact) mass is 420 g/mol. The molecule has 0 radical (unpaired) electrons. The van der Waals surface area contributed by atoms with Crippen molar-refractivity contribution in [2.45, 2.75) is 56.8 Å². The van der Waals surface area contributed by atoms with E-state index in [1.807, 2.05) is 0 Å². The normalized spacial score (nSPS) is 14.1. The number of rotatable bonds is 10. The molecule has 1 rings (SSSR count). The van der Waals surface area contributed by atoms with Gasteiger partial charge < -0.3 is 48.3 Å². The van der Waals surface area contributed by atoms with Gasteiger partial charge in [-0.1, -0.05) is 6.42 Å². The molecule has 0 saturated heterocycles. The number of hydrogen-bond donors (Lipinski definition) is 9. The molecule has 0 aliphatic carbocycles. The Morgan fingerprint density at radius 2 is 1.59 bits per heavy atom. The first-order valence-electron chi connectivity index (χ1n) is 8.74. The largest absolute Gasteiger partial charge is 0.480 e. The molecule has 0 aromatic carbocycles. The number of hydrogen-bond acceptors (Lipinski definition) is 9. The van der Waals surface area contributed by atoms with Gasteiger partial charge in [0.15, 0.2) is 0 Å². The predicted octanol–water partition coefficient (Wildman–Crippen LogP) is -2.33. The molecule has 13 heteroatoms. The number of unbranched alkanes of at least 4 members (excludes halogenated alkanes) is 1. The van der Waals surface area contributed by atoms with Crippen LogP contribution in [0.3, 0.4) is 0 Å². The van der Waals surface area contributed by atoms with Crippen molar-refractivity contribution in [3.8, 4) is 0 Å². The van der Waals surface area contributed by atoms with Crippen molar-refractivity contribution in [2.75, 3.05) is 6.54 Å². The van der Waals surface area contributed by atoms with Gasteiger partial charge in [-0.2, -0.15) is 0 Å². The highest BCUT2D eigenvalue weighted by Gasteiger charge is 2.16. The number of aromatic amines is 1. The molecule has 0 saturated carbocycles. The minimum Gasteiger partial charge on any atom is -0.480 e. The molecule has 168 valence electrons. The summed E-state index contributed by atoms with van der Waals surface area (Å²) in [4.78, 5) is 36.8. The fourth-order valence-electron chi connectivity index (χ4n) is 1.55. The number of nitrogens with zero attached hydrogens (tertiary/aromatic N) is 1. The zero-order valence-electron chi connectivity index (χ0n) is 16.3. The number of carbonyl (C=O) groups is 3. The van der Waals surface area contributed by atoms with Gasteiger partial charge in [0.1, 0.15) is 18.1 Å². The van der Waals surface area contributed by atoms with Gasteiger partial charge in [-0.05, 0) is 26.3 Å². The lowest BCUT2D eigenvalue weighted by Gasteiger charge is -2.06. The van der Waals surface area contributed by atoms with Gasteiger partial charge in [-0.25, -0.2) is 4.98 Å². The van der Waals surface area contributed by atoms with Crippen molar-refractivity contribution >= 4 is 17.9 Å². The van der Waals surface area contributed by atoms with Crippen molar-refractivity contribution < 1.29 is 34.8 Å². The second kappa shape index (κ2) is 16.4. The van der Waals surface area contributed by atoms with Crippen molar-refractivity contribution in [3.63, 3.8) is 0 Å². The Labute approximate surface area is 168 Å². The number of imidazole rings is 1. The Kier molecular flexibility index (Phi) is 16.2. The van der Waals surface area contributed by atoms with Crippen LogP contribution in [0.2, 0.25) is 0 Å². The molecular weight excluding hydrogens is 388 g/mol. The van der Waals surface area contributed by atoms with E-state index in [2.05, 4.69) is 9.97 Å². The zero-order valence-corrected chi connectivity index (χ0v) is 16.3. The average molecular weight is 420 g/mol. The Hall–Kier alpha value is -2.58. The van der Waals surface area contributed by atoms with Crippen molar-refractivity contribution in [1.82, 2.24) is 9.97 Å². The number of nitrogens with one attached hydrogen (secondary N) is 1. The molecule has 0 amide bonds. The van der Waals surface area contributed by atoms with Crippen molar-refractivity contribution in [2.24, 2.45) is 22.9 Å². The maximum Gasteiger partial charge on any atom is 0.323 e. The number of aliphatic hydroxyl groups excluding tert-OH is 1. The molecule has 0 spiro atoms. The molecule has 0 fully saturated rings. The maximum atomic E-state index is 10.3. The van der Waals surface area contributed by atoms with E-state index in [-0.39, 0.29) is 6.42 Å². The highest BCUT2D eigenvalue weighted by atomic mass is 16.4. The molecule has 0 aliphatic heterocycles. The van der Waals surface area contributed by atoms with Gasteiger partial charge >= 0.3 is 17.9 Å². The van der Waals surface area contributed by atoms with E-state index in [0.717, 1.165) is 12.8 Å². The zero-order chi connectivity index (χ0) is 23.0. The van der Waals surface area contributed by atoms with Gasteiger partial charge in [-0.3, -0.25) is 14.4 Å². The summed E-state index contributed by atoms with van der Waals surface area (Å²) in [5, 5.41) is 33.3. The molecule has 1 aromatic heterocycles. The van der Waals surface area contributed by atoms with Crippen LogP contribution in [0.5, 0.6) is 0 Å². The standard InChI is InChI=1S/C6H9N3O2.C6H14N2O2.C4H9NO3/c7-5(6(10)11)1-4-2-8-3-9-4;7-4-2-1-3-5(8)6(9)10;1-2(6)3(5)4(7)8/h2-3,5H,1,7H2,(H,8,9)(H,10,11);5H,1-4,7-8H2,(H,9,10);2-3,6H,5H2,1H3,(H,7,8)/t2*5-;2-,3+/m001/s1. The highest BCUT2D eigenvalue weighted by Crippen LogP contribution is 1.97. The number of aromatic nitrogens is 2. The Balaban J connectivity index is 0. The average Bonchev–Trinajstić information content (AvgIpc) is 3.14. The SMILES string of the molecule is C[C@@H](O)[C@H](N)C(=O)O.NCCCC[C@H](N)C(=O)O.N[C@@H](Cc1c[nH]cn1)C(=O)O. The summed E-state index contributed by atoms with van der Waals surface area (Å²) in [6, 6.07) is -2.74. The van der Waals surface area contributed by atoms with E-state index >= 15 is 0 Å². The minimum absolute atomic E-state index is 0.263. The van der Waals surface area contributed by atoms with Crippen molar-refractivity contribution in [1.29, 1.82) is 0 Å². The lowest BCUT2D eigenvalue weighted by atomic mass is 10.1. The summed E-state index contributed by atoms with van der Waals surface area (Å²) >= 11 is 0. The number of carboxylic acid groups (broad SMARTS) is 3. The number of nitrogens with two attached hydrogens (primary N) is 4. The number of aliphatic hydroxyl groups is 1. The van der Waals surface area contributed by atoms with E-state index in [9.17, 15) is 14.4 Å². The Bertz CT molecular complexity index is 582. The van der Waals surface area contributed by atoms with Gasteiger partial charge in [0.05, 0.1) is 18.1 Å². The number of H-pyrrole nitrogens is 1. The first kappa shape index (κ1) is 28.6. The number of carboxylic acids is 3. The first-order chi connectivity index (χ1) is 13.4. The smallest absolute Gasteiger partial charge is 0.323 e. The lowest BCUT2D eigenvalue weighted by molar-refractivity contribution is -0.141. The summed E-state index contributed by atoms with van der Waals surface area (Å²) in [6.07, 6.45) is 4.57. The van der Waals surface area contributed by atoms with Crippen LogP contribution >= 0.6 is 0 Å². The highest BCUT2D eigenvalue weighted by molar-refractivity contribution is 5.74. The van der Waals surface area contributed by atoms with Crippen LogP contribution in [0.1, 0.15) is 31.9 Å². The quantitative estimate of drug-likeness (QED) is 0.180. The first-order valence-corrected chi connectivity index (χ1v) is 8.74. The third-order valence-electron chi connectivity index (χ3n) is 3.39. The summed E-state index contributed by atoms with van der Waals surface area (Å²) in [5.74, 6) is -3.12. The van der Waals surface area contributed by atoms with Crippen LogP contribution < -0.4 is 22.9 Å². The molecule has 13 N–H and O–H groups in total. The maximum absolute atomic E-state index is 10.3. The molecular formula is C16H32N6O7. The third kappa shape index (κ3) is 16.1. The minimum atomic E-state index is -1.18. The van der Waals surface area contributed by atoms with Gasteiger partial charge in [0.25, 0.3) is 0 Å². The topological polar surface area (TPSA) is 265 Å². The fraction of sp³-hybridized carbons (Fsp3) is 0.625. The van der Waals surface area contributed by atoms with E-state index in [1.165, 1.54) is 13.3 Å². The third-order valence-corrected chi connectivity index (χ3v) is 3.39. The second-order valence-electron chi connectivity index (χ2n) is 6.04. The second-order valence-corrected chi connectivity index (χ2v) is 6.04. The van der Waals surface area contributed by atoms with Crippen LogP contribution in [0.4, 0.5) is 0 Å². The molecule has 0 unspecified atom stereocenters. The van der Waals surface area contributed by atoms with Crippen LogP contribution in [-0.2, 0) is 20.8 Å². The fourth-order valence-corrected chi connectivity index (χ4v) is 1.55. The van der Waals surface area contributed by atoms with Gasteiger partial charge in [0.2, 0.25) is 0 Å². The molecule has 0 bridgehead atoms. The van der Waals surface area contributed by atoms with E-state index in [0.29, 0.717) is 18.7 Å². The van der Waals surface area contributed by atoms with Crippen LogP contribution in [-0.4, -0.2) is 79.1 Å². The Morgan fingerprint density at radius 1 is 1.03 bits per heavy atom. The summed E-state index contributed by atoms with van der Waals surface area (Å²) in [6.45, 7) is 1.94. The molecule has 1 aromatic rings. The van der Waals surface area contributed by atoms with Gasteiger partial charge in [-0.15, -0.1) is 0 Å². The van der Waals surface area contributed by atoms with Crippen LogP contribution in [0.15, 0.2) is 12.5 Å². The van der Waals surface area contributed by atoms with Crippen LogP contribution in [0, 0.1) is 0 Å². The predicted molar refractivity (Wildman–Crippen MR) is 104 cm³/mol.